The van der Waals surface area contributed by atoms with Crippen LogP contribution < -0.4 is 0 Å². The number of amides is 1. The van der Waals surface area contributed by atoms with Crippen LogP contribution in [0.4, 0.5) is 13.2 Å². The first kappa shape index (κ1) is 17.3. The molecule has 1 saturated heterocycles. The maximum atomic E-state index is 12.8. The smallest absolute Gasteiger partial charge is 0.416 e. The normalized spacial score (nSPS) is 18.6. The number of halogens is 3. The second-order valence-electron chi connectivity index (χ2n) is 5.81. The zero-order valence-corrected chi connectivity index (χ0v) is 13.2. The molecule has 0 unspecified atom stereocenters. The Morgan fingerprint density at radius 3 is 2.64 bits per heavy atom. The minimum atomic E-state index is -4.47. The van der Waals surface area contributed by atoms with Crippen LogP contribution in [0.1, 0.15) is 16.1 Å². The van der Waals surface area contributed by atoms with Crippen molar-refractivity contribution in [3.05, 3.63) is 35.5 Å². The molecule has 9 heteroatoms. The zero-order valence-electron chi connectivity index (χ0n) is 13.2. The number of carbonyl (C=O) groups is 2. The van der Waals surface area contributed by atoms with Crippen molar-refractivity contribution in [1.82, 2.24) is 9.47 Å². The highest BCUT2D eigenvalue weighted by atomic mass is 19.4. The lowest BCUT2D eigenvalue weighted by Gasteiger charge is -2.30. The third kappa shape index (κ3) is 3.19. The van der Waals surface area contributed by atoms with E-state index in [0.717, 1.165) is 12.1 Å². The number of rotatable bonds is 2. The summed E-state index contributed by atoms with van der Waals surface area (Å²) >= 11 is 0. The van der Waals surface area contributed by atoms with Crippen molar-refractivity contribution < 1.29 is 32.6 Å². The van der Waals surface area contributed by atoms with Crippen molar-refractivity contribution in [3.63, 3.8) is 0 Å². The summed E-state index contributed by atoms with van der Waals surface area (Å²) in [4.78, 5) is 25.0. The van der Waals surface area contributed by atoms with Crippen LogP contribution in [0.2, 0.25) is 0 Å². The predicted octanol–water partition coefficient (Wildman–Crippen LogP) is 2.12. The van der Waals surface area contributed by atoms with Crippen LogP contribution in [0.25, 0.3) is 10.9 Å². The number of aromatic nitrogens is 1. The van der Waals surface area contributed by atoms with Crippen LogP contribution >= 0.6 is 0 Å². The summed E-state index contributed by atoms with van der Waals surface area (Å²) in [5.41, 5.74) is -0.110. The van der Waals surface area contributed by atoms with Crippen molar-refractivity contribution in [2.45, 2.75) is 12.3 Å². The topological polar surface area (TPSA) is 71.8 Å². The lowest BCUT2D eigenvalue weighted by atomic mass is 10.1. The van der Waals surface area contributed by atoms with Crippen molar-refractivity contribution in [2.24, 2.45) is 7.05 Å². The van der Waals surface area contributed by atoms with Crippen LogP contribution in [-0.4, -0.2) is 52.3 Å². The Morgan fingerprint density at radius 1 is 1.28 bits per heavy atom. The van der Waals surface area contributed by atoms with E-state index in [1.54, 1.807) is 7.05 Å². The lowest BCUT2D eigenvalue weighted by Crippen LogP contribution is -2.48. The molecule has 1 N–H and O–H groups in total. The molecule has 1 amide bonds. The van der Waals surface area contributed by atoms with Gasteiger partial charge in [-0.2, -0.15) is 13.2 Å². The van der Waals surface area contributed by atoms with E-state index in [1.807, 2.05) is 0 Å². The molecule has 1 atom stereocenters. The van der Waals surface area contributed by atoms with E-state index in [4.69, 9.17) is 9.84 Å². The first-order valence-electron chi connectivity index (χ1n) is 7.49. The molecule has 2 aromatic rings. The fourth-order valence-corrected chi connectivity index (χ4v) is 2.88. The van der Waals surface area contributed by atoms with Crippen LogP contribution in [0, 0.1) is 0 Å². The largest absolute Gasteiger partial charge is 0.479 e. The van der Waals surface area contributed by atoms with E-state index < -0.39 is 29.7 Å². The average molecular weight is 356 g/mol. The Bertz CT molecular complexity index is 844. The van der Waals surface area contributed by atoms with E-state index in [0.29, 0.717) is 10.9 Å². The molecule has 0 saturated carbocycles. The van der Waals surface area contributed by atoms with Gasteiger partial charge in [0.2, 0.25) is 0 Å². The maximum Gasteiger partial charge on any atom is 0.416 e. The Hall–Kier alpha value is -2.55. The Morgan fingerprint density at radius 2 is 2.00 bits per heavy atom. The Kier molecular flexibility index (Phi) is 4.19. The number of carboxylic acids is 1. The highest BCUT2D eigenvalue weighted by Crippen LogP contribution is 2.32. The van der Waals surface area contributed by atoms with E-state index in [-0.39, 0.29) is 25.4 Å². The third-order valence-corrected chi connectivity index (χ3v) is 4.22. The van der Waals surface area contributed by atoms with Crippen LogP contribution in [-0.2, 0) is 22.8 Å². The molecule has 0 radical (unpaired) electrons. The number of carboxylic acid groups (broad SMARTS) is 1. The lowest BCUT2D eigenvalue weighted by molar-refractivity contribution is -0.154. The molecule has 0 aliphatic carbocycles. The molecular weight excluding hydrogens is 341 g/mol. The van der Waals surface area contributed by atoms with E-state index in [9.17, 15) is 22.8 Å². The molecule has 1 aromatic carbocycles. The molecular formula is C16H15F3N2O4. The fourth-order valence-electron chi connectivity index (χ4n) is 2.88. The second kappa shape index (κ2) is 6.07. The summed E-state index contributed by atoms with van der Waals surface area (Å²) < 4.78 is 45.1. The molecule has 1 fully saturated rings. The number of morpholine rings is 1. The molecule has 0 bridgehead atoms. The van der Waals surface area contributed by atoms with Crippen molar-refractivity contribution >= 4 is 22.8 Å². The fraction of sp³-hybridized carbons (Fsp3) is 0.375. The number of hydrogen-bond donors (Lipinski definition) is 1. The number of aryl methyl sites for hydroxylation is 1. The molecule has 1 aliphatic heterocycles. The van der Waals surface area contributed by atoms with E-state index in [1.165, 1.54) is 21.6 Å². The van der Waals surface area contributed by atoms with Gasteiger partial charge in [0, 0.05) is 24.5 Å². The third-order valence-electron chi connectivity index (χ3n) is 4.22. The quantitative estimate of drug-likeness (QED) is 0.895. The highest BCUT2D eigenvalue weighted by Gasteiger charge is 2.32. The Labute approximate surface area is 140 Å². The number of alkyl halides is 3. The van der Waals surface area contributed by atoms with Crippen molar-refractivity contribution in [2.75, 3.05) is 19.7 Å². The zero-order chi connectivity index (χ0) is 18.4. The summed E-state index contributed by atoms with van der Waals surface area (Å²) in [7, 11) is 1.58. The van der Waals surface area contributed by atoms with Crippen LogP contribution in [0.3, 0.4) is 0 Å². The van der Waals surface area contributed by atoms with Gasteiger partial charge in [0.1, 0.15) is 5.69 Å². The second-order valence-corrected chi connectivity index (χ2v) is 5.81. The van der Waals surface area contributed by atoms with E-state index in [2.05, 4.69) is 0 Å². The molecule has 2 heterocycles. The molecule has 134 valence electrons. The van der Waals surface area contributed by atoms with Crippen molar-refractivity contribution in [3.8, 4) is 0 Å². The van der Waals surface area contributed by atoms with Gasteiger partial charge in [-0.1, -0.05) is 0 Å². The van der Waals surface area contributed by atoms with Crippen LogP contribution in [0.5, 0.6) is 0 Å². The number of aliphatic carboxylic acids is 1. The van der Waals surface area contributed by atoms with Gasteiger partial charge in [-0.3, -0.25) is 4.79 Å². The first-order valence-corrected chi connectivity index (χ1v) is 7.49. The molecule has 0 spiro atoms. The highest BCUT2D eigenvalue weighted by molar-refractivity contribution is 5.99. The van der Waals surface area contributed by atoms with Crippen LogP contribution in [0.15, 0.2) is 24.3 Å². The molecule has 3 rings (SSSR count). The molecule has 1 aromatic heterocycles. The van der Waals surface area contributed by atoms with Gasteiger partial charge in [-0.05, 0) is 24.3 Å². The average Bonchev–Trinajstić information content (AvgIpc) is 2.90. The predicted molar refractivity (Wildman–Crippen MR) is 81.2 cm³/mol. The minimum absolute atomic E-state index is 0.0882. The number of fused-ring (bicyclic) bond motifs is 1. The number of hydrogen-bond acceptors (Lipinski definition) is 3. The van der Waals surface area contributed by atoms with Gasteiger partial charge in [0.15, 0.2) is 6.10 Å². The van der Waals surface area contributed by atoms with Crippen molar-refractivity contribution in [1.29, 1.82) is 0 Å². The van der Waals surface area contributed by atoms with E-state index >= 15 is 0 Å². The number of ether oxygens (including phenoxy) is 1. The van der Waals surface area contributed by atoms with Gasteiger partial charge in [0.05, 0.1) is 18.7 Å². The monoisotopic (exact) mass is 356 g/mol. The van der Waals surface area contributed by atoms with Gasteiger partial charge in [-0.25, -0.2) is 4.79 Å². The van der Waals surface area contributed by atoms with Gasteiger partial charge in [0.25, 0.3) is 5.91 Å². The SMILES string of the molecule is Cn1c(C(=O)N2CCO[C@H](C(=O)O)C2)cc2cc(C(F)(F)F)ccc21. The molecule has 6 nitrogen and oxygen atoms in total. The summed E-state index contributed by atoms with van der Waals surface area (Å²) in [6.07, 6.45) is -5.57. The Balaban J connectivity index is 1.94. The minimum Gasteiger partial charge on any atom is -0.479 e. The number of benzene rings is 1. The van der Waals surface area contributed by atoms with Gasteiger partial charge in [-0.15, -0.1) is 0 Å². The summed E-state index contributed by atoms with van der Waals surface area (Å²) in [5.74, 6) is -1.61. The number of nitrogens with zero attached hydrogens (tertiary/aromatic N) is 2. The number of carbonyl (C=O) groups excluding carboxylic acids is 1. The summed E-state index contributed by atoms with van der Waals surface area (Å²) in [6, 6.07) is 4.66. The summed E-state index contributed by atoms with van der Waals surface area (Å²) in [6.45, 7) is 0.201. The van der Waals surface area contributed by atoms with Gasteiger partial charge < -0.3 is 19.3 Å². The molecule has 1 aliphatic rings. The first-order chi connectivity index (χ1) is 11.7. The van der Waals surface area contributed by atoms with Gasteiger partial charge >= 0.3 is 12.1 Å². The summed E-state index contributed by atoms with van der Waals surface area (Å²) in [5, 5.41) is 9.30. The maximum absolute atomic E-state index is 12.8. The standard InChI is InChI=1S/C16H15F3N2O4/c1-20-11-3-2-10(16(17,18)19)6-9(11)7-12(20)14(22)21-4-5-25-13(8-21)15(23)24/h2-3,6-7,13H,4-5,8H2,1H3,(H,23,24)/t13-/m0/s1. The molecule has 25 heavy (non-hydrogen) atoms.